The fourth-order valence-electron chi connectivity index (χ4n) is 7.65. The molecule has 0 radical (unpaired) electrons. The minimum atomic E-state index is 0.105. The van der Waals surface area contributed by atoms with Crippen molar-refractivity contribution >= 4 is 5.91 Å². The van der Waals surface area contributed by atoms with Crippen LogP contribution in [0.15, 0.2) is 0 Å². The van der Waals surface area contributed by atoms with Crippen LogP contribution in [0.3, 0.4) is 0 Å². The van der Waals surface area contributed by atoms with Crippen LogP contribution in [0.1, 0.15) is 126 Å². The molecule has 0 aromatic carbocycles. The van der Waals surface area contributed by atoms with Crippen molar-refractivity contribution in [2.75, 3.05) is 0 Å². The van der Waals surface area contributed by atoms with Crippen LogP contribution in [0, 0.1) is 16.7 Å². The van der Waals surface area contributed by atoms with E-state index < -0.39 is 0 Å². The average Bonchev–Trinajstić information content (AvgIpc) is 3.32. The molecular weight excluding hydrogens is 370 g/mol. The summed E-state index contributed by atoms with van der Waals surface area (Å²) in [7, 11) is 0. The van der Waals surface area contributed by atoms with Gasteiger partial charge in [-0.25, -0.2) is 0 Å². The lowest BCUT2D eigenvalue weighted by Gasteiger charge is -2.43. The number of carbonyl (C=O) groups excluding carboxylic acids is 1. The SMILES string of the molecule is CC12CCC(C1)C(C)(C)C2NC(=O)c1nn(C2CCCCC2)c2c1CCCCCC2. The summed E-state index contributed by atoms with van der Waals surface area (Å²) < 4.78 is 2.32. The molecule has 4 aliphatic rings. The number of hydrogen-bond donors (Lipinski definition) is 1. The number of hydrogen-bond acceptors (Lipinski definition) is 2. The van der Waals surface area contributed by atoms with Gasteiger partial charge in [0.25, 0.3) is 5.91 Å². The Bertz CT molecular complexity index is 799. The molecule has 5 rings (SSSR count). The molecule has 30 heavy (non-hydrogen) atoms. The fraction of sp³-hybridized carbons (Fsp3) is 0.846. The molecule has 1 N–H and O–H groups in total. The molecule has 1 aromatic rings. The Balaban J connectivity index is 1.46. The minimum absolute atomic E-state index is 0.105. The molecule has 0 spiro atoms. The third-order valence-corrected chi connectivity index (χ3v) is 9.39. The summed E-state index contributed by atoms with van der Waals surface area (Å²) in [6.45, 7) is 7.15. The van der Waals surface area contributed by atoms with Crippen LogP contribution < -0.4 is 5.32 Å². The largest absolute Gasteiger partial charge is 0.347 e. The highest BCUT2D eigenvalue weighted by molar-refractivity contribution is 5.94. The number of rotatable bonds is 3. The van der Waals surface area contributed by atoms with Gasteiger partial charge in [0.1, 0.15) is 0 Å². The van der Waals surface area contributed by atoms with Gasteiger partial charge in [0, 0.05) is 17.3 Å². The molecule has 3 saturated carbocycles. The standard InChI is InChI=1S/C26H41N3O/c1-25(2)18-15-16-26(3,17-18)24(25)27-23(30)22-20-13-9-4-5-10-14-21(20)29(28-22)19-11-7-6-8-12-19/h18-19,24H,4-17H2,1-3H3,(H,27,30). The van der Waals surface area contributed by atoms with Gasteiger partial charge < -0.3 is 5.32 Å². The van der Waals surface area contributed by atoms with Crippen molar-refractivity contribution in [3.63, 3.8) is 0 Å². The zero-order valence-electron chi connectivity index (χ0n) is 19.4. The van der Waals surface area contributed by atoms with Crippen molar-refractivity contribution in [2.24, 2.45) is 16.7 Å². The summed E-state index contributed by atoms with van der Waals surface area (Å²) in [5, 5.41) is 8.62. The van der Waals surface area contributed by atoms with Gasteiger partial charge in [-0.1, -0.05) is 52.9 Å². The van der Waals surface area contributed by atoms with Gasteiger partial charge in [0.15, 0.2) is 5.69 Å². The second-order valence-electron chi connectivity index (χ2n) is 11.7. The van der Waals surface area contributed by atoms with E-state index in [4.69, 9.17) is 5.10 Å². The van der Waals surface area contributed by atoms with E-state index in [0.717, 1.165) is 24.5 Å². The fourth-order valence-corrected chi connectivity index (χ4v) is 7.65. The highest BCUT2D eigenvalue weighted by Gasteiger charge is 2.59. The van der Waals surface area contributed by atoms with Crippen LogP contribution in [0.4, 0.5) is 0 Å². The number of nitrogens with zero attached hydrogens (tertiary/aromatic N) is 2. The molecule has 2 bridgehead atoms. The summed E-state index contributed by atoms with van der Waals surface area (Å²) in [6, 6.07) is 0.769. The zero-order valence-corrected chi connectivity index (χ0v) is 19.4. The van der Waals surface area contributed by atoms with Gasteiger partial charge in [0.2, 0.25) is 0 Å². The molecule has 0 aliphatic heterocycles. The molecule has 4 nitrogen and oxygen atoms in total. The number of amides is 1. The number of aromatic nitrogens is 2. The lowest BCUT2D eigenvalue weighted by molar-refractivity contribution is 0.0731. The predicted molar refractivity (Wildman–Crippen MR) is 121 cm³/mol. The van der Waals surface area contributed by atoms with E-state index in [0.29, 0.717) is 6.04 Å². The van der Waals surface area contributed by atoms with Crippen molar-refractivity contribution in [1.29, 1.82) is 0 Å². The molecule has 3 atom stereocenters. The van der Waals surface area contributed by atoms with Crippen LogP contribution in [0.25, 0.3) is 0 Å². The maximum Gasteiger partial charge on any atom is 0.272 e. The average molecular weight is 412 g/mol. The van der Waals surface area contributed by atoms with Crippen LogP contribution in [0.2, 0.25) is 0 Å². The number of nitrogens with one attached hydrogen (secondary N) is 1. The Morgan fingerprint density at radius 1 is 0.967 bits per heavy atom. The summed E-state index contributed by atoms with van der Waals surface area (Å²) in [4.78, 5) is 13.7. The lowest BCUT2D eigenvalue weighted by atomic mass is 9.68. The monoisotopic (exact) mass is 411 g/mol. The Morgan fingerprint density at radius 2 is 1.67 bits per heavy atom. The Labute approximate surface area is 182 Å². The second kappa shape index (κ2) is 7.67. The summed E-state index contributed by atoms with van der Waals surface area (Å²) in [5.74, 6) is 0.849. The van der Waals surface area contributed by atoms with Gasteiger partial charge in [-0.05, 0) is 74.5 Å². The van der Waals surface area contributed by atoms with Crippen molar-refractivity contribution in [3.8, 4) is 0 Å². The Hall–Kier alpha value is -1.32. The maximum atomic E-state index is 13.7. The van der Waals surface area contributed by atoms with Crippen molar-refractivity contribution in [2.45, 2.75) is 123 Å². The van der Waals surface area contributed by atoms with Gasteiger partial charge in [-0.3, -0.25) is 9.48 Å². The van der Waals surface area contributed by atoms with Crippen LogP contribution >= 0.6 is 0 Å². The summed E-state index contributed by atoms with van der Waals surface area (Å²) in [6.07, 6.45) is 17.4. The van der Waals surface area contributed by atoms with Crippen molar-refractivity contribution in [1.82, 2.24) is 15.1 Å². The van der Waals surface area contributed by atoms with Crippen LogP contribution in [0.5, 0.6) is 0 Å². The molecule has 3 unspecified atom stereocenters. The number of fused-ring (bicyclic) bond motifs is 3. The molecule has 4 heteroatoms. The van der Waals surface area contributed by atoms with E-state index in [-0.39, 0.29) is 22.8 Å². The van der Waals surface area contributed by atoms with E-state index in [9.17, 15) is 4.79 Å². The van der Waals surface area contributed by atoms with E-state index in [1.807, 2.05) is 0 Å². The topological polar surface area (TPSA) is 46.9 Å². The first kappa shape index (κ1) is 20.6. The molecule has 3 fully saturated rings. The second-order valence-corrected chi connectivity index (χ2v) is 11.7. The highest BCUT2D eigenvalue weighted by Crippen LogP contribution is 2.62. The molecular formula is C26H41N3O. The summed E-state index contributed by atoms with van der Waals surface area (Å²) in [5.41, 5.74) is 3.88. The van der Waals surface area contributed by atoms with E-state index in [1.54, 1.807) is 0 Å². The molecule has 4 aliphatic carbocycles. The van der Waals surface area contributed by atoms with Gasteiger partial charge in [-0.15, -0.1) is 0 Å². The van der Waals surface area contributed by atoms with E-state index >= 15 is 0 Å². The lowest BCUT2D eigenvalue weighted by Crippen LogP contribution is -2.52. The summed E-state index contributed by atoms with van der Waals surface area (Å²) >= 11 is 0. The van der Waals surface area contributed by atoms with Crippen molar-refractivity contribution < 1.29 is 4.79 Å². The Kier molecular flexibility index (Phi) is 5.26. The van der Waals surface area contributed by atoms with Crippen LogP contribution in [-0.4, -0.2) is 21.7 Å². The van der Waals surface area contributed by atoms with Gasteiger partial charge in [0.05, 0.1) is 6.04 Å². The molecule has 1 amide bonds. The smallest absolute Gasteiger partial charge is 0.272 e. The van der Waals surface area contributed by atoms with Crippen LogP contribution in [-0.2, 0) is 12.8 Å². The highest BCUT2D eigenvalue weighted by atomic mass is 16.2. The normalized spacial score (nSPS) is 33.7. The zero-order chi connectivity index (χ0) is 20.9. The minimum Gasteiger partial charge on any atom is -0.347 e. The first-order chi connectivity index (χ1) is 14.4. The maximum absolute atomic E-state index is 13.7. The third-order valence-electron chi connectivity index (χ3n) is 9.39. The molecule has 1 heterocycles. The van der Waals surface area contributed by atoms with Crippen molar-refractivity contribution in [3.05, 3.63) is 17.0 Å². The number of carbonyl (C=O) groups is 1. The van der Waals surface area contributed by atoms with Gasteiger partial charge in [-0.2, -0.15) is 5.10 Å². The first-order valence-electron chi connectivity index (χ1n) is 12.8. The third kappa shape index (κ3) is 3.33. The molecule has 0 saturated heterocycles. The van der Waals surface area contributed by atoms with Gasteiger partial charge >= 0.3 is 0 Å². The predicted octanol–water partition coefficient (Wildman–Crippen LogP) is 5.99. The quantitative estimate of drug-likeness (QED) is 0.664. The molecule has 166 valence electrons. The van der Waals surface area contributed by atoms with E-state index in [2.05, 4.69) is 30.8 Å². The van der Waals surface area contributed by atoms with E-state index in [1.165, 1.54) is 88.3 Å². The Morgan fingerprint density at radius 3 is 2.37 bits per heavy atom. The first-order valence-corrected chi connectivity index (χ1v) is 12.8. The molecule has 1 aromatic heterocycles.